The maximum atomic E-state index is 13.1. The summed E-state index contributed by atoms with van der Waals surface area (Å²) in [6.07, 6.45) is 4.18. The first-order valence-electron chi connectivity index (χ1n) is 12.3. The van der Waals surface area contributed by atoms with Gasteiger partial charge in [0, 0.05) is 30.9 Å². The molecule has 0 bridgehead atoms. The van der Waals surface area contributed by atoms with E-state index in [0.717, 1.165) is 25.7 Å². The van der Waals surface area contributed by atoms with Crippen LogP contribution < -0.4 is 10.9 Å². The van der Waals surface area contributed by atoms with Gasteiger partial charge in [-0.2, -0.15) is 0 Å². The Labute approximate surface area is 210 Å². The Morgan fingerprint density at radius 3 is 2.51 bits per heavy atom. The average Bonchev–Trinajstić information content (AvgIpc) is 2.87. The van der Waals surface area contributed by atoms with Crippen LogP contribution in [-0.4, -0.2) is 45.1 Å². The molecule has 8 heteroatoms. The van der Waals surface area contributed by atoms with E-state index in [-0.39, 0.29) is 23.1 Å². The number of nitrogens with one attached hydrogen (secondary N) is 1. The molecule has 7 nitrogen and oxygen atoms in total. The third-order valence-corrected chi connectivity index (χ3v) is 6.81. The molecule has 35 heavy (non-hydrogen) atoms. The van der Waals surface area contributed by atoms with Gasteiger partial charge < -0.3 is 10.2 Å². The third kappa shape index (κ3) is 6.94. The van der Waals surface area contributed by atoms with Crippen molar-refractivity contribution in [1.29, 1.82) is 0 Å². The highest BCUT2D eigenvalue weighted by atomic mass is 32.2. The molecule has 0 saturated heterocycles. The molecule has 0 fully saturated rings. The lowest BCUT2D eigenvalue weighted by Gasteiger charge is -2.19. The SMILES string of the molecule is CCCCCCn1c(SCC(=O)Nc2cccc(C(=O)N(CC)CC)c2)nc2ccccc2c1=O. The van der Waals surface area contributed by atoms with Gasteiger partial charge in [0.05, 0.1) is 16.7 Å². The molecular weight excluding hydrogens is 460 g/mol. The first-order valence-corrected chi connectivity index (χ1v) is 13.3. The number of hydrogen-bond acceptors (Lipinski definition) is 5. The lowest BCUT2D eigenvalue weighted by Crippen LogP contribution is -2.30. The molecule has 3 rings (SSSR count). The fourth-order valence-corrected chi connectivity index (χ4v) is 4.73. The summed E-state index contributed by atoms with van der Waals surface area (Å²) in [5, 5.41) is 4.00. The number of unbranched alkanes of at least 4 members (excludes halogenated alkanes) is 3. The Morgan fingerprint density at radius 1 is 1.00 bits per heavy atom. The van der Waals surface area contributed by atoms with Gasteiger partial charge in [-0.05, 0) is 50.6 Å². The van der Waals surface area contributed by atoms with Crippen LogP contribution in [0.15, 0.2) is 58.5 Å². The Bertz CT molecular complexity index is 1220. The standard InChI is InChI=1S/C27H34N4O3S/c1-4-7-8-11-17-31-26(34)22-15-9-10-16-23(22)29-27(31)35-19-24(32)28-21-14-12-13-20(18-21)25(33)30(5-2)6-3/h9-10,12-16,18H,4-8,11,17,19H2,1-3H3,(H,28,32). The quantitative estimate of drug-likeness (QED) is 0.213. The molecule has 3 aromatic rings. The number of hydrogen-bond donors (Lipinski definition) is 1. The maximum absolute atomic E-state index is 13.1. The molecule has 0 radical (unpaired) electrons. The maximum Gasteiger partial charge on any atom is 0.262 e. The molecular formula is C27H34N4O3S. The largest absolute Gasteiger partial charge is 0.339 e. The summed E-state index contributed by atoms with van der Waals surface area (Å²) >= 11 is 1.25. The van der Waals surface area contributed by atoms with Crippen molar-refractivity contribution in [3.8, 4) is 0 Å². The number of carbonyl (C=O) groups is 2. The van der Waals surface area contributed by atoms with E-state index in [9.17, 15) is 14.4 Å². The van der Waals surface area contributed by atoms with Crippen LogP contribution in [0.5, 0.6) is 0 Å². The third-order valence-electron chi connectivity index (χ3n) is 5.84. The Kier molecular flexibility index (Phi) is 9.90. The van der Waals surface area contributed by atoms with Crippen molar-refractivity contribution in [3.05, 3.63) is 64.4 Å². The van der Waals surface area contributed by atoms with Crippen molar-refractivity contribution in [3.63, 3.8) is 0 Å². The molecule has 0 aliphatic carbocycles. The summed E-state index contributed by atoms with van der Waals surface area (Å²) in [4.78, 5) is 44.9. The van der Waals surface area contributed by atoms with Crippen LogP contribution in [0.25, 0.3) is 10.9 Å². The van der Waals surface area contributed by atoms with E-state index in [1.54, 1.807) is 39.8 Å². The number of anilines is 1. The predicted octanol–water partition coefficient (Wildman–Crippen LogP) is 5.19. The number of aromatic nitrogens is 2. The van der Waals surface area contributed by atoms with Gasteiger partial charge in [-0.15, -0.1) is 0 Å². The highest BCUT2D eigenvalue weighted by Gasteiger charge is 2.15. The minimum absolute atomic E-state index is 0.0621. The van der Waals surface area contributed by atoms with Crippen LogP contribution in [0.4, 0.5) is 5.69 Å². The smallest absolute Gasteiger partial charge is 0.262 e. The number of benzene rings is 2. The summed E-state index contributed by atoms with van der Waals surface area (Å²) in [6, 6.07) is 14.3. The first-order chi connectivity index (χ1) is 17.0. The Morgan fingerprint density at radius 2 is 1.77 bits per heavy atom. The molecule has 0 aliphatic rings. The van der Waals surface area contributed by atoms with Crippen LogP contribution in [0.2, 0.25) is 0 Å². The van der Waals surface area contributed by atoms with Crippen LogP contribution in [0.1, 0.15) is 56.8 Å². The number of amides is 2. The molecule has 0 atom stereocenters. The zero-order valence-corrected chi connectivity index (χ0v) is 21.6. The van der Waals surface area contributed by atoms with Crippen molar-refractivity contribution in [1.82, 2.24) is 14.5 Å². The van der Waals surface area contributed by atoms with Gasteiger partial charge in [0.2, 0.25) is 5.91 Å². The number of thioether (sulfide) groups is 1. The van der Waals surface area contributed by atoms with Crippen molar-refractivity contribution in [2.24, 2.45) is 0 Å². The zero-order chi connectivity index (χ0) is 25.2. The average molecular weight is 495 g/mol. The van der Waals surface area contributed by atoms with Gasteiger partial charge >= 0.3 is 0 Å². The number of nitrogens with zero attached hydrogens (tertiary/aromatic N) is 3. The molecule has 1 aromatic heterocycles. The summed E-state index contributed by atoms with van der Waals surface area (Å²) in [5.41, 5.74) is 1.67. The minimum atomic E-state index is -0.220. The van der Waals surface area contributed by atoms with Crippen LogP contribution in [-0.2, 0) is 11.3 Å². The van der Waals surface area contributed by atoms with Gasteiger partial charge in [-0.1, -0.05) is 56.1 Å². The normalized spacial score (nSPS) is 10.9. The lowest BCUT2D eigenvalue weighted by molar-refractivity contribution is -0.113. The molecule has 0 aliphatic heterocycles. The number of carbonyl (C=O) groups excluding carboxylic acids is 2. The lowest BCUT2D eigenvalue weighted by atomic mass is 10.1. The monoisotopic (exact) mass is 494 g/mol. The van der Waals surface area contributed by atoms with Gasteiger partial charge in [-0.25, -0.2) is 4.98 Å². The van der Waals surface area contributed by atoms with Crippen LogP contribution in [0, 0.1) is 0 Å². The highest BCUT2D eigenvalue weighted by Crippen LogP contribution is 2.20. The van der Waals surface area contributed by atoms with Gasteiger partial charge in [0.25, 0.3) is 11.5 Å². The van der Waals surface area contributed by atoms with Gasteiger partial charge in [0.1, 0.15) is 0 Å². The summed E-state index contributed by atoms with van der Waals surface area (Å²) < 4.78 is 1.69. The van der Waals surface area contributed by atoms with Crippen LogP contribution >= 0.6 is 11.8 Å². The summed E-state index contributed by atoms with van der Waals surface area (Å²) in [6.45, 7) is 7.86. The van der Waals surface area contributed by atoms with Crippen molar-refractivity contribution >= 4 is 40.2 Å². The number of rotatable bonds is 12. The second-order valence-electron chi connectivity index (χ2n) is 8.32. The van der Waals surface area contributed by atoms with E-state index in [1.807, 2.05) is 32.0 Å². The van der Waals surface area contributed by atoms with E-state index in [4.69, 9.17) is 0 Å². The van der Waals surface area contributed by atoms with Gasteiger partial charge in [0.15, 0.2) is 5.16 Å². The van der Waals surface area contributed by atoms with Crippen molar-refractivity contribution < 1.29 is 9.59 Å². The molecule has 186 valence electrons. The predicted molar refractivity (Wildman–Crippen MR) is 143 cm³/mol. The van der Waals surface area contributed by atoms with E-state index in [1.165, 1.54) is 11.8 Å². The molecule has 0 spiro atoms. The Hall–Kier alpha value is -3.13. The Balaban J connectivity index is 1.73. The molecule has 2 aromatic carbocycles. The molecule has 0 saturated carbocycles. The molecule has 1 heterocycles. The second-order valence-corrected chi connectivity index (χ2v) is 9.27. The second kappa shape index (κ2) is 13.1. The van der Waals surface area contributed by atoms with E-state index >= 15 is 0 Å². The fourth-order valence-electron chi connectivity index (χ4n) is 3.90. The topological polar surface area (TPSA) is 84.3 Å². The minimum Gasteiger partial charge on any atom is -0.339 e. The van der Waals surface area contributed by atoms with Crippen molar-refractivity contribution in [2.45, 2.75) is 58.2 Å². The summed E-state index contributed by atoms with van der Waals surface area (Å²) in [7, 11) is 0. The van der Waals surface area contributed by atoms with E-state index in [2.05, 4.69) is 17.2 Å². The summed E-state index contributed by atoms with van der Waals surface area (Å²) in [5.74, 6) is -0.177. The molecule has 1 N–H and O–H groups in total. The van der Waals surface area contributed by atoms with E-state index in [0.29, 0.717) is 46.9 Å². The number of fused-ring (bicyclic) bond motifs is 1. The van der Waals surface area contributed by atoms with E-state index < -0.39 is 0 Å². The first kappa shape index (κ1) is 26.5. The molecule has 2 amide bonds. The highest BCUT2D eigenvalue weighted by molar-refractivity contribution is 7.99. The fraction of sp³-hybridized carbons (Fsp3) is 0.407. The van der Waals surface area contributed by atoms with Crippen molar-refractivity contribution in [2.75, 3.05) is 24.2 Å². The molecule has 0 unspecified atom stereocenters. The number of para-hydroxylation sites is 1. The van der Waals surface area contributed by atoms with Gasteiger partial charge in [-0.3, -0.25) is 19.0 Å². The van der Waals surface area contributed by atoms with Crippen LogP contribution in [0.3, 0.4) is 0 Å². The zero-order valence-electron chi connectivity index (χ0n) is 20.8.